The number of amides is 2. The van der Waals surface area contributed by atoms with E-state index in [0.29, 0.717) is 72.9 Å². The average molecular weight is 1070 g/mol. The molecule has 6 atom stereocenters. The Labute approximate surface area is 453 Å². The van der Waals surface area contributed by atoms with Gasteiger partial charge in [0.15, 0.2) is 11.5 Å². The zero-order valence-corrected chi connectivity index (χ0v) is 44.9. The van der Waals surface area contributed by atoms with Crippen molar-refractivity contribution >= 4 is 23.6 Å². The third kappa shape index (κ3) is 15.4. The highest BCUT2D eigenvalue weighted by molar-refractivity contribution is 6.03. The van der Waals surface area contributed by atoms with E-state index in [0.717, 1.165) is 48.8 Å². The lowest BCUT2D eigenvalue weighted by Gasteiger charge is -2.59. The van der Waals surface area contributed by atoms with Crippen molar-refractivity contribution in [3.63, 3.8) is 0 Å². The van der Waals surface area contributed by atoms with E-state index in [1.807, 2.05) is 18.2 Å². The molecule has 1 fully saturated rings. The quantitative estimate of drug-likeness (QED) is 0.0225. The number of aliphatic hydroxyl groups is 2. The second kappa shape index (κ2) is 29.9. The van der Waals surface area contributed by atoms with Gasteiger partial charge in [0, 0.05) is 56.3 Å². The van der Waals surface area contributed by atoms with E-state index < -0.39 is 40.8 Å². The van der Waals surface area contributed by atoms with Crippen LogP contribution in [0.4, 0.5) is 15.3 Å². The number of ether oxygens (including phenoxy) is 6. The number of benzene rings is 3. The highest BCUT2D eigenvalue weighted by Gasteiger charge is 2.66. The number of carbonyl (C=O) groups excluding carboxylic acids is 2. The number of fused-ring (bicyclic) bond motifs is 3. The zero-order chi connectivity index (χ0) is 54.4. The van der Waals surface area contributed by atoms with Gasteiger partial charge in [0.25, 0.3) is 5.69 Å². The lowest BCUT2D eigenvalue weighted by molar-refractivity contribution is -0.384. The van der Waals surface area contributed by atoms with Crippen molar-refractivity contribution in [3.8, 4) is 23.0 Å². The van der Waals surface area contributed by atoms with Gasteiger partial charge in [-0.1, -0.05) is 107 Å². The Morgan fingerprint density at radius 3 is 2.27 bits per heavy atom. The average Bonchev–Trinajstić information content (AvgIpc) is 3.94. The molecule has 0 radical (unpaired) electrons. The van der Waals surface area contributed by atoms with E-state index in [9.17, 15) is 29.9 Å². The molecule has 3 aromatic carbocycles. The van der Waals surface area contributed by atoms with Gasteiger partial charge in [-0.25, -0.2) is 9.59 Å². The summed E-state index contributed by atoms with van der Waals surface area (Å²) in [6.07, 6.45) is 20.7. The predicted octanol–water partition coefficient (Wildman–Crippen LogP) is 12.4. The van der Waals surface area contributed by atoms with Crippen LogP contribution in [0.15, 0.2) is 103 Å². The summed E-state index contributed by atoms with van der Waals surface area (Å²) < 4.78 is 38.1. The molecule has 0 bridgehead atoms. The van der Waals surface area contributed by atoms with Gasteiger partial charge in [-0.3, -0.25) is 15.0 Å². The third-order valence-electron chi connectivity index (χ3n) is 15.2. The van der Waals surface area contributed by atoms with Crippen LogP contribution in [-0.2, 0) is 27.5 Å². The Morgan fingerprint density at radius 2 is 1.56 bits per heavy atom. The molecule has 0 aromatic heterocycles. The van der Waals surface area contributed by atoms with Crippen molar-refractivity contribution in [1.29, 1.82) is 0 Å². The minimum Gasteiger partial charge on any atom is -0.459 e. The topological polar surface area (TPSA) is 210 Å². The van der Waals surface area contributed by atoms with Crippen molar-refractivity contribution in [3.05, 3.63) is 124 Å². The predicted molar refractivity (Wildman–Crippen MR) is 293 cm³/mol. The van der Waals surface area contributed by atoms with Crippen LogP contribution in [0.25, 0.3) is 0 Å². The molecule has 7 rings (SSSR count). The first-order valence-corrected chi connectivity index (χ1v) is 28.0. The molecule has 0 spiro atoms. The fourth-order valence-corrected chi connectivity index (χ4v) is 11.4. The molecule has 2 aliphatic heterocycles. The van der Waals surface area contributed by atoms with Crippen LogP contribution in [0.5, 0.6) is 23.0 Å². The molecule has 2 aliphatic carbocycles. The van der Waals surface area contributed by atoms with Gasteiger partial charge in [0.05, 0.1) is 29.8 Å². The maximum Gasteiger partial charge on any atom is 0.412 e. The van der Waals surface area contributed by atoms with Crippen LogP contribution in [0, 0.1) is 27.9 Å². The zero-order valence-electron chi connectivity index (χ0n) is 44.9. The smallest absolute Gasteiger partial charge is 0.412 e. The van der Waals surface area contributed by atoms with Crippen LogP contribution in [-0.4, -0.2) is 89.5 Å². The molecule has 3 aromatic rings. The Balaban J connectivity index is 1.31. The van der Waals surface area contributed by atoms with E-state index in [2.05, 4.69) is 31.5 Å². The van der Waals surface area contributed by atoms with Gasteiger partial charge < -0.3 is 48.8 Å². The van der Waals surface area contributed by atoms with Crippen molar-refractivity contribution in [2.45, 2.75) is 153 Å². The summed E-state index contributed by atoms with van der Waals surface area (Å²) in [6.45, 7) is 10.8. The summed E-state index contributed by atoms with van der Waals surface area (Å²) in [4.78, 5) is 47.3. The second-order valence-corrected chi connectivity index (χ2v) is 20.5. The number of hydrogen-bond acceptors (Lipinski definition) is 14. The molecule has 1 saturated carbocycles. The van der Waals surface area contributed by atoms with Crippen molar-refractivity contribution < 1.29 is 58.0 Å². The standard InChI is InChI=1S/C60H80N4O13/c1-4-7-9-10-11-12-13-14-15-18-31-61-58(67)76-47-28-30-52-50(38-47)56-48(22-17-20-33-66)45(21-16-19-32-65)37-49-51(62-75-41-43-23-26-46(27-24-43)64(69)70)39-55(60(77-52,57(49)56)74-34-6-3)63(59(68)71-35-8-5-2)40-44-25-29-53-54(36-44)73-42-72-53/h5-6,23-30,36-38,45,48,55-57,65-66H,2-4,7-22,31-35,39-42H2,1H3,(H,61,67)/t45-,48+,55-,56+,57+,60+/m0/s1. The lowest BCUT2D eigenvalue weighted by Crippen LogP contribution is -2.70. The van der Waals surface area contributed by atoms with E-state index in [1.54, 1.807) is 47.4 Å². The molecule has 2 heterocycles. The van der Waals surface area contributed by atoms with Gasteiger partial charge in [-0.2, -0.15) is 0 Å². The van der Waals surface area contributed by atoms with Gasteiger partial charge in [0.1, 0.15) is 24.1 Å². The molecule has 17 nitrogen and oxygen atoms in total. The fourth-order valence-electron chi connectivity index (χ4n) is 11.4. The molecule has 17 heteroatoms. The molecular formula is C60H80N4O13. The fraction of sp³-hybridized carbons (Fsp3) is 0.550. The number of unbranched alkanes of at least 4 members (excludes halogenated alkanes) is 11. The van der Waals surface area contributed by atoms with Gasteiger partial charge in [0.2, 0.25) is 12.6 Å². The number of nitrogens with zero attached hydrogens (tertiary/aromatic N) is 3. The number of carbonyl (C=O) groups is 2. The SMILES string of the molecule is C=CCCOC(=O)N(Cc1ccc2c(c1)OCO2)[C@H]1CC(=NOCc2ccc([N+](=O)[O-])cc2)C2=C[C@H](CCCCO)[C@@H](CCCCO)[C@@H]3c4cc(OC(=O)NCCCCCCCCCCCC)ccc4O[C@@]1(OCC=C)[C@H]23. The van der Waals surface area contributed by atoms with Crippen LogP contribution < -0.4 is 24.3 Å². The number of nitro benzene ring substituents is 1. The van der Waals surface area contributed by atoms with Crippen LogP contribution in [0.2, 0.25) is 0 Å². The molecular weight excluding hydrogens is 985 g/mol. The molecule has 0 saturated heterocycles. The van der Waals surface area contributed by atoms with E-state index in [-0.39, 0.29) is 70.3 Å². The number of nitro groups is 1. The first-order valence-electron chi connectivity index (χ1n) is 28.0. The number of aliphatic hydroxyl groups excluding tert-OH is 2. The molecule has 418 valence electrons. The first kappa shape index (κ1) is 58.3. The number of allylic oxidation sites excluding steroid dienone is 1. The van der Waals surface area contributed by atoms with Crippen LogP contribution in [0.3, 0.4) is 0 Å². The highest BCUT2D eigenvalue weighted by Crippen LogP contribution is 2.62. The summed E-state index contributed by atoms with van der Waals surface area (Å²) in [5.74, 6) is -0.950. The Hall–Kier alpha value is -6.43. The third-order valence-corrected chi connectivity index (χ3v) is 15.2. The van der Waals surface area contributed by atoms with Gasteiger partial charge in [-0.15, -0.1) is 13.2 Å². The summed E-state index contributed by atoms with van der Waals surface area (Å²) in [7, 11) is 0. The van der Waals surface area contributed by atoms with E-state index in [1.165, 1.54) is 57.1 Å². The van der Waals surface area contributed by atoms with Crippen molar-refractivity contribution in [2.24, 2.45) is 22.9 Å². The lowest BCUT2D eigenvalue weighted by atomic mass is 9.55. The van der Waals surface area contributed by atoms with Crippen LogP contribution in [0.1, 0.15) is 145 Å². The largest absolute Gasteiger partial charge is 0.459 e. The number of hydrogen-bond donors (Lipinski definition) is 3. The molecule has 77 heavy (non-hydrogen) atoms. The van der Waals surface area contributed by atoms with Crippen molar-refractivity contribution in [1.82, 2.24) is 10.2 Å². The molecule has 0 unspecified atom stereocenters. The number of nitrogens with one attached hydrogen (secondary N) is 1. The minimum absolute atomic E-state index is 0.0127. The van der Waals surface area contributed by atoms with Gasteiger partial charge in [-0.05, 0) is 110 Å². The maximum absolute atomic E-state index is 14.9. The summed E-state index contributed by atoms with van der Waals surface area (Å²) in [5, 5.41) is 39.5. The molecule has 4 aliphatic rings. The Morgan fingerprint density at radius 1 is 0.857 bits per heavy atom. The summed E-state index contributed by atoms with van der Waals surface area (Å²) in [6, 6.07) is 16.0. The molecule has 3 N–H and O–H groups in total. The van der Waals surface area contributed by atoms with Crippen molar-refractivity contribution in [2.75, 3.05) is 39.8 Å². The van der Waals surface area contributed by atoms with Crippen LogP contribution >= 0.6 is 0 Å². The Bertz CT molecular complexity index is 2480. The number of rotatable bonds is 33. The summed E-state index contributed by atoms with van der Waals surface area (Å²) >= 11 is 0. The van der Waals surface area contributed by atoms with Gasteiger partial charge >= 0.3 is 12.2 Å². The minimum atomic E-state index is -1.62. The monoisotopic (exact) mass is 1060 g/mol. The van der Waals surface area contributed by atoms with E-state index in [4.69, 9.17) is 38.4 Å². The second-order valence-electron chi connectivity index (χ2n) is 20.5. The van der Waals surface area contributed by atoms with E-state index >= 15 is 0 Å². The summed E-state index contributed by atoms with van der Waals surface area (Å²) in [5.41, 5.74) is 3.43. The Kier molecular flexibility index (Phi) is 22.6. The first-order chi connectivity index (χ1) is 37.6. The maximum atomic E-state index is 14.9. The highest BCUT2D eigenvalue weighted by atomic mass is 16.7. The number of non-ortho nitro benzene ring substituents is 1. The normalized spacial score (nSPS) is 21.2. The number of oxime groups is 1. The molecule has 2 amide bonds.